The van der Waals surface area contributed by atoms with Gasteiger partial charge in [0.1, 0.15) is 11.5 Å². The minimum Gasteiger partial charge on any atom is -0.455 e. The molecular weight excluding hydrogens is 362 g/mol. The van der Waals surface area contributed by atoms with Gasteiger partial charge >= 0.3 is 5.97 Å². The van der Waals surface area contributed by atoms with Crippen molar-refractivity contribution in [2.75, 3.05) is 16.3 Å². The first-order chi connectivity index (χ1) is 10.7. The molecule has 0 unspecified atom stereocenters. The Labute approximate surface area is 140 Å². The quantitative estimate of drug-likeness (QED) is 0.745. The van der Waals surface area contributed by atoms with Crippen LogP contribution in [0.2, 0.25) is 0 Å². The zero-order valence-corrected chi connectivity index (χ0v) is 14.6. The molecule has 0 saturated carbocycles. The molecule has 0 bridgehead atoms. The summed E-state index contributed by atoms with van der Waals surface area (Å²) in [7, 11) is -3.48. The fourth-order valence-corrected chi connectivity index (χ4v) is 3.65. The largest absolute Gasteiger partial charge is 0.455 e. The minimum atomic E-state index is -3.48. The molecule has 11 heteroatoms. The molecule has 0 aliphatic rings. The van der Waals surface area contributed by atoms with Gasteiger partial charge in [-0.3, -0.25) is 9.52 Å². The van der Waals surface area contributed by atoms with Crippen molar-refractivity contribution in [2.45, 2.75) is 13.5 Å². The van der Waals surface area contributed by atoms with Gasteiger partial charge in [-0.05, 0) is 11.4 Å². The Morgan fingerprint density at radius 3 is 2.74 bits per heavy atom. The predicted octanol–water partition coefficient (Wildman–Crippen LogP) is 1.89. The highest BCUT2D eigenvalue weighted by atomic mass is 32.2. The van der Waals surface area contributed by atoms with Crippen molar-refractivity contribution in [3.8, 4) is 0 Å². The number of carbonyl (C=O) groups is 2. The normalized spacial score (nSPS) is 11.0. The van der Waals surface area contributed by atoms with Crippen LogP contribution in [0.1, 0.15) is 22.3 Å². The van der Waals surface area contributed by atoms with E-state index in [2.05, 4.69) is 15.0 Å². The van der Waals surface area contributed by atoms with Crippen LogP contribution in [0.3, 0.4) is 0 Å². The van der Waals surface area contributed by atoms with Crippen LogP contribution in [0.4, 0.5) is 10.8 Å². The Morgan fingerprint density at radius 2 is 2.09 bits per heavy atom. The molecule has 0 spiro atoms. The van der Waals surface area contributed by atoms with E-state index < -0.39 is 16.0 Å². The number of nitrogens with one attached hydrogen (secondary N) is 2. The molecule has 0 atom stereocenters. The van der Waals surface area contributed by atoms with E-state index in [9.17, 15) is 18.0 Å². The number of rotatable bonds is 6. The fraction of sp³-hybridized carbons (Fsp3) is 0.250. The first kappa shape index (κ1) is 17.4. The second-order valence-electron chi connectivity index (χ2n) is 4.44. The first-order valence-electron chi connectivity index (χ1n) is 6.19. The molecule has 2 rings (SSSR count). The highest BCUT2D eigenvalue weighted by Crippen LogP contribution is 2.25. The number of thiazole rings is 1. The molecule has 0 saturated heterocycles. The van der Waals surface area contributed by atoms with Gasteiger partial charge < -0.3 is 10.1 Å². The fourth-order valence-electron chi connectivity index (χ4n) is 1.53. The SMILES string of the molecule is CC(=O)Nc1nc(COC(=O)c2sccc2NS(C)(=O)=O)cs1. The Balaban J connectivity index is 1.99. The third-order valence-electron chi connectivity index (χ3n) is 2.33. The Kier molecular flexibility index (Phi) is 5.34. The average Bonchev–Trinajstić information content (AvgIpc) is 3.03. The first-order valence-corrected chi connectivity index (χ1v) is 9.84. The standard InChI is InChI=1S/C12H13N3O5S3/c1-7(16)13-12-14-8(6-22-12)5-20-11(17)10-9(3-4-21-10)15-23(2,18)19/h3-4,6,15H,5H2,1-2H3,(H,13,14,16). The number of hydrogen-bond acceptors (Lipinski definition) is 8. The van der Waals surface area contributed by atoms with Crippen LogP contribution >= 0.6 is 22.7 Å². The van der Waals surface area contributed by atoms with Crippen LogP contribution < -0.4 is 10.0 Å². The van der Waals surface area contributed by atoms with Crippen LogP contribution in [0.5, 0.6) is 0 Å². The summed E-state index contributed by atoms with van der Waals surface area (Å²) in [6, 6.07) is 1.49. The van der Waals surface area contributed by atoms with E-state index in [0.29, 0.717) is 10.8 Å². The van der Waals surface area contributed by atoms with Crippen LogP contribution in [0.15, 0.2) is 16.8 Å². The van der Waals surface area contributed by atoms with E-state index in [1.807, 2.05) is 0 Å². The molecule has 23 heavy (non-hydrogen) atoms. The van der Waals surface area contributed by atoms with E-state index in [-0.39, 0.29) is 23.1 Å². The Bertz CT molecular complexity index is 825. The second kappa shape index (κ2) is 7.06. The van der Waals surface area contributed by atoms with Crippen molar-refractivity contribution in [1.82, 2.24) is 4.98 Å². The van der Waals surface area contributed by atoms with Crippen molar-refractivity contribution < 1.29 is 22.7 Å². The molecular formula is C12H13N3O5S3. The lowest BCUT2D eigenvalue weighted by Crippen LogP contribution is -2.13. The summed E-state index contributed by atoms with van der Waals surface area (Å²) in [5, 5.41) is 6.18. The molecule has 2 N–H and O–H groups in total. The third kappa shape index (κ3) is 5.30. The molecule has 0 aliphatic heterocycles. The van der Waals surface area contributed by atoms with E-state index in [4.69, 9.17) is 4.74 Å². The maximum absolute atomic E-state index is 12.0. The number of aromatic nitrogens is 1. The van der Waals surface area contributed by atoms with Gasteiger partial charge in [-0.1, -0.05) is 0 Å². The van der Waals surface area contributed by atoms with Crippen LogP contribution in [0.25, 0.3) is 0 Å². The van der Waals surface area contributed by atoms with E-state index >= 15 is 0 Å². The molecule has 1 amide bonds. The average molecular weight is 375 g/mol. The van der Waals surface area contributed by atoms with Gasteiger partial charge in [0.15, 0.2) is 5.13 Å². The summed E-state index contributed by atoms with van der Waals surface area (Å²) in [6.07, 6.45) is 0.999. The monoisotopic (exact) mass is 375 g/mol. The van der Waals surface area contributed by atoms with E-state index in [0.717, 1.165) is 17.6 Å². The molecule has 2 aromatic rings. The number of anilines is 2. The molecule has 0 fully saturated rings. The molecule has 8 nitrogen and oxygen atoms in total. The van der Waals surface area contributed by atoms with Crippen molar-refractivity contribution >= 4 is 55.4 Å². The molecule has 0 aromatic carbocycles. The van der Waals surface area contributed by atoms with Gasteiger partial charge in [0.2, 0.25) is 15.9 Å². The number of ether oxygens (including phenoxy) is 1. The van der Waals surface area contributed by atoms with Crippen molar-refractivity contribution in [3.05, 3.63) is 27.4 Å². The van der Waals surface area contributed by atoms with Crippen LogP contribution in [-0.4, -0.2) is 31.5 Å². The van der Waals surface area contributed by atoms with Crippen LogP contribution in [-0.2, 0) is 26.2 Å². The van der Waals surface area contributed by atoms with Crippen molar-refractivity contribution in [3.63, 3.8) is 0 Å². The zero-order valence-electron chi connectivity index (χ0n) is 12.2. The van der Waals surface area contributed by atoms with Crippen molar-refractivity contribution in [1.29, 1.82) is 0 Å². The number of thiophene rings is 1. The predicted molar refractivity (Wildman–Crippen MR) is 88.3 cm³/mol. The number of hydrogen-bond donors (Lipinski definition) is 2. The van der Waals surface area contributed by atoms with Crippen LogP contribution in [0, 0.1) is 0 Å². The van der Waals surface area contributed by atoms with Gasteiger partial charge in [0.25, 0.3) is 0 Å². The maximum atomic E-state index is 12.0. The maximum Gasteiger partial charge on any atom is 0.350 e. The number of nitrogens with zero attached hydrogens (tertiary/aromatic N) is 1. The highest BCUT2D eigenvalue weighted by Gasteiger charge is 2.17. The van der Waals surface area contributed by atoms with Gasteiger partial charge in [0, 0.05) is 12.3 Å². The molecule has 2 aromatic heterocycles. The summed E-state index contributed by atoms with van der Waals surface area (Å²) in [5.74, 6) is -0.891. The van der Waals surface area contributed by atoms with Gasteiger partial charge in [-0.25, -0.2) is 18.2 Å². The minimum absolute atomic E-state index is 0.0782. The highest BCUT2D eigenvalue weighted by molar-refractivity contribution is 7.92. The van der Waals surface area contributed by atoms with Gasteiger partial charge in [-0.2, -0.15) is 0 Å². The topological polar surface area (TPSA) is 114 Å². The van der Waals surface area contributed by atoms with Gasteiger partial charge in [0.05, 0.1) is 17.6 Å². The summed E-state index contributed by atoms with van der Waals surface area (Å²) < 4.78 is 29.9. The van der Waals surface area contributed by atoms with Gasteiger partial charge in [-0.15, -0.1) is 22.7 Å². The lowest BCUT2D eigenvalue weighted by molar-refractivity contribution is -0.114. The summed E-state index contributed by atoms with van der Waals surface area (Å²) in [6.45, 7) is 1.29. The third-order valence-corrected chi connectivity index (χ3v) is 4.62. The lowest BCUT2D eigenvalue weighted by Gasteiger charge is -2.05. The smallest absolute Gasteiger partial charge is 0.350 e. The molecule has 0 aliphatic carbocycles. The number of amides is 1. The number of sulfonamides is 1. The summed E-state index contributed by atoms with van der Waals surface area (Å²) in [5.41, 5.74) is 0.668. The number of carbonyl (C=O) groups excluding carboxylic acids is 2. The summed E-state index contributed by atoms with van der Waals surface area (Å²) in [4.78, 5) is 27.2. The molecule has 124 valence electrons. The van der Waals surface area contributed by atoms with E-state index in [1.165, 1.54) is 24.3 Å². The second-order valence-corrected chi connectivity index (χ2v) is 7.96. The Morgan fingerprint density at radius 1 is 1.35 bits per heavy atom. The lowest BCUT2D eigenvalue weighted by atomic mass is 10.4. The Hall–Kier alpha value is -1.98. The van der Waals surface area contributed by atoms with Crippen molar-refractivity contribution in [2.24, 2.45) is 0 Å². The zero-order chi connectivity index (χ0) is 17.0. The van der Waals surface area contributed by atoms with E-state index in [1.54, 1.807) is 10.8 Å². The molecule has 0 radical (unpaired) electrons. The molecule has 2 heterocycles. The summed E-state index contributed by atoms with van der Waals surface area (Å²) >= 11 is 2.29. The number of esters is 1.